The molecule has 0 saturated heterocycles. The molecule has 0 unspecified atom stereocenters. The maximum absolute atomic E-state index is 12.6. The van der Waals surface area contributed by atoms with Gasteiger partial charge in [0.05, 0.1) is 0 Å². The van der Waals surface area contributed by atoms with Gasteiger partial charge in [-0.15, -0.1) is 0 Å². The Labute approximate surface area is 164 Å². The first-order valence-corrected chi connectivity index (χ1v) is 9.19. The number of fused-ring (bicyclic) bond motifs is 1. The number of amides is 1. The highest BCUT2D eigenvalue weighted by molar-refractivity contribution is 5.87. The first kappa shape index (κ1) is 19.6. The summed E-state index contributed by atoms with van der Waals surface area (Å²) in [5.41, 5.74) is 1.76. The van der Waals surface area contributed by atoms with Gasteiger partial charge in [0.1, 0.15) is 18.8 Å². The van der Waals surface area contributed by atoms with E-state index in [0.29, 0.717) is 0 Å². The average Bonchev–Trinajstić information content (AvgIpc) is 2.72. The lowest BCUT2D eigenvalue weighted by Crippen LogP contribution is -2.46. The lowest BCUT2D eigenvalue weighted by molar-refractivity contribution is -0.150. The summed E-state index contributed by atoms with van der Waals surface area (Å²) >= 11 is 0. The molecule has 0 fully saturated rings. The highest BCUT2D eigenvalue weighted by atomic mass is 16.5. The molecule has 2 N–H and O–H groups in total. The number of ether oxygens (including phenoxy) is 1. The quantitative estimate of drug-likeness (QED) is 0.621. The van der Waals surface area contributed by atoms with E-state index in [1.54, 1.807) is 0 Å². The molecule has 3 aromatic rings. The largest absolute Gasteiger partial charge is 0.459 e. The summed E-state index contributed by atoms with van der Waals surface area (Å²) in [5.74, 6) is -1.14. The van der Waals surface area contributed by atoms with Gasteiger partial charge in [-0.3, -0.25) is 4.79 Å². The summed E-state index contributed by atoms with van der Waals surface area (Å²) in [6, 6.07) is 22.3. The molecule has 0 aliphatic heterocycles. The third kappa shape index (κ3) is 5.18. The standard InChI is InChI=1S/C23H23NO4/c1-16(25)22(26)24-21(23(27)28-15-17-7-3-2-4-8-17)14-18-11-12-19-9-5-6-10-20(19)13-18/h2-13,16,21,25H,14-15H2,1H3,(H,24,26)/t16-,21-/m0/s1. The molecule has 28 heavy (non-hydrogen) atoms. The molecule has 0 aliphatic carbocycles. The highest BCUT2D eigenvalue weighted by Gasteiger charge is 2.24. The van der Waals surface area contributed by atoms with Gasteiger partial charge in [0.25, 0.3) is 0 Å². The molecule has 3 rings (SSSR count). The molecule has 0 aromatic heterocycles. The molecule has 5 nitrogen and oxygen atoms in total. The van der Waals surface area contributed by atoms with Gasteiger partial charge in [-0.1, -0.05) is 72.8 Å². The predicted molar refractivity (Wildman–Crippen MR) is 108 cm³/mol. The fourth-order valence-corrected chi connectivity index (χ4v) is 2.92. The van der Waals surface area contributed by atoms with Crippen LogP contribution in [-0.4, -0.2) is 29.1 Å². The molecule has 0 heterocycles. The smallest absolute Gasteiger partial charge is 0.329 e. The zero-order chi connectivity index (χ0) is 19.9. The summed E-state index contributed by atoms with van der Waals surface area (Å²) < 4.78 is 5.40. The Morgan fingerprint density at radius 2 is 1.61 bits per heavy atom. The number of esters is 1. The summed E-state index contributed by atoms with van der Waals surface area (Å²) in [6.07, 6.45) is -0.933. The summed E-state index contributed by atoms with van der Waals surface area (Å²) in [7, 11) is 0. The highest BCUT2D eigenvalue weighted by Crippen LogP contribution is 2.17. The number of aliphatic hydroxyl groups is 1. The third-order valence-corrected chi connectivity index (χ3v) is 4.46. The normalized spacial score (nSPS) is 12.9. The van der Waals surface area contributed by atoms with Gasteiger partial charge in [-0.25, -0.2) is 4.79 Å². The van der Waals surface area contributed by atoms with Crippen molar-refractivity contribution in [3.63, 3.8) is 0 Å². The van der Waals surface area contributed by atoms with Crippen molar-refractivity contribution in [2.45, 2.75) is 32.1 Å². The van der Waals surface area contributed by atoms with Gasteiger partial charge in [0.15, 0.2) is 0 Å². The van der Waals surface area contributed by atoms with E-state index in [9.17, 15) is 14.7 Å². The first-order valence-electron chi connectivity index (χ1n) is 9.19. The number of rotatable bonds is 7. The molecule has 0 aliphatic rings. The van der Waals surface area contributed by atoms with Crippen LogP contribution in [0.25, 0.3) is 10.8 Å². The topological polar surface area (TPSA) is 75.6 Å². The number of aliphatic hydroxyl groups excluding tert-OH is 1. The average molecular weight is 377 g/mol. The van der Waals surface area contributed by atoms with Crippen LogP contribution in [-0.2, 0) is 27.4 Å². The van der Waals surface area contributed by atoms with Crippen LogP contribution in [0.1, 0.15) is 18.1 Å². The lowest BCUT2D eigenvalue weighted by Gasteiger charge is -2.19. The van der Waals surface area contributed by atoms with E-state index in [1.165, 1.54) is 6.92 Å². The van der Waals surface area contributed by atoms with E-state index in [1.807, 2.05) is 72.8 Å². The van der Waals surface area contributed by atoms with Crippen LogP contribution in [0.3, 0.4) is 0 Å². The van der Waals surface area contributed by atoms with Crippen LogP contribution in [0.4, 0.5) is 0 Å². The van der Waals surface area contributed by atoms with Crippen molar-refractivity contribution in [1.82, 2.24) is 5.32 Å². The van der Waals surface area contributed by atoms with E-state index in [2.05, 4.69) is 5.32 Å². The van der Waals surface area contributed by atoms with E-state index in [-0.39, 0.29) is 13.0 Å². The molecule has 2 atom stereocenters. The molecule has 3 aromatic carbocycles. The molecule has 144 valence electrons. The number of carbonyl (C=O) groups is 2. The van der Waals surface area contributed by atoms with Crippen LogP contribution in [0.15, 0.2) is 72.8 Å². The van der Waals surface area contributed by atoms with Gasteiger partial charge in [-0.05, 0) is 28.8 Å². The van der Waals surface area contributed by atoms with Crippen LogP contribution in [0, 0.1) is 0 Å². The molecule has 5 heteroatoms. The SMILES string of the molecule is C[C@H](O)C(=O)N[C@@H](Cc1ccc2ccccc2c1)C(=O)OCc1ccccc1. The minimum atomic E-state index is -1.21. The Kier molecular flexibility index (Phi) is 6.40. The van der Waals surface area contributed by atoms with E-state index in [4.69, 9.17) is 4.74 Å². The maximum Gasteiger partial charge on any atom is 0.329 e. The van der Waals surface area contributed by atoms with Crippen molar-refractivity contribution in [2.75, 3.05) is 0 Å². The second-order valence-electron chi connectivity index (χ2n) is 6.72. The first-order chi connectivity index (χ1) is 13.5. The number of hydrogen-bond acceptors (Lipinski definition) is 4. The van der Waals surface area contributed by atoms with E-state index < -0.39 is 24.0 Å². The van der Waals surface area contributed by atoms with Crippen molar-refractivity contribution in [2.24, 2.45) is 0 Å². The van der Waals surface area contributed by atoms with Crippen molar-refractivity contribution < 1.29 is 19.4 Å². The molecule has 0 saturated carbocycles. The fraction of sp³-hybridized carbons (Fsp3) is 0.217. The van der Waals surface area contributed by atoms with E-state index in [0.717, 1.165) is 21.9 Å². The number of benzene rings is 3. The Bertz CT molecular complexity index is 953. The fourth-order valence-electron chi connectivity index (χ4n) is 2.92. The lowest BCUT2D eigenvalue weighted by atomic mass is 10.0. The second-order valence-corrected chi connectivity index (χ2v) is 6.72. The van der Waals surface area contributed by atoms with Gasteiger partial charge in [0, 0.05) is 6.42 Å². The minimum Gasteiger partial charge on any atom is -0.459 e. The Morgan fingerprint density at radius 1 is 0.929 bits per heavy atom. The predicted octanol–water partition coefficient (Wildman–Crippen LogP) is 2.99. The second kappa shape index (κ2) is 9.15. The Balaban J connectivity index is 1.74. The molecular weight excluding hydrogens is 354 g/mol. The van der Waals surface area contributed by atoms with Crippen LogP contribution in [0.5, 0.6) is 0 Å². The van der Waals surface area contributed by atoms with Crippen molar-refractivity contribution in [1.29, 1.82) is 0 Å². The van der Waals surface area contributed by atoms with Crippen LogP contribution < -0.4 is 5.32 Å². The summed E-state index contributed by atoms with van der Waals surface area (Å²) in [4.78, 5) is 24.6. The zero-order valence-corrected chi connectivity index (χ0v) is 15.7. The van der Waals surface area contributed by atoms with Crippen molar-refractivity contribution in [3.05, 3.63) is 83.9 Å². The summed E-state index contributed by atoms with van der Waals surface area (Å²) in [6.45, 7) is 1.48. The molecule has 0 spiro atoms. The van der Waals surface area contributed by atoms with Crippen molar-refractivity contribution >= 4 is 22.6 Å². The third-order valence-electron chi connectivity index (χ3n) is 4.46. The molecule has 0 bridgehead atoms. The van der Waals surface area contributed by atoms with Gasteiger partial charge in [-0.2, -0.15) is 0 Å². The minimum absolute atomic E-state index is 0.123. The zero-order valence-electron chi connectivity index (χ0n) is 15.7. The Morgan fingerprint density at radius 3 is 2.32 bits per heavy atom. The monoisotopic (exact) mass is 377 g/mol. The van der Waals surface area contributed by atoms with E-state index >= 15 is 0 Å². The van der Waals surface area contributed by atoms with Gasteiger partial charge >= 0.3 is 5.97 Å². The Hall–Kier alpha value is -3.18. The van der Waals surface area contributed by atoms with Crippen LogP contribution >= 0.6 is 0 Å². The summed E-state index contributed by atoms with van der Waals surface area (Å²) in [5, 5.41) is 14.2. The van der Waals surface area contributed by atoms with Gasteiger partial charge in [0.2, 0.25) is 5.91 Å². The molecular formula is C23H23NO4. The van der Waals surface area contributed by atoms with Crippen molar-refractivity contribution in [3.8, 4) is 0 Å². The number of hydrogen-bond donors (Lipinski definition) is 2. The number of carbonyl (C=O) groups excluding carboxylic acids is 2. The van der Waals surface area contributed by atoms with Gasteiger partial charge < -0.3 is 15.2 Å². The molecule has 0 radical (unpaired) electrons. The molecule has 1 amide bonds. The number of nitrogens with one attached hydrogen (secondary N) is 1. The maximum atomic E-state index is 12.6. The van der Waals surface area contributed by atoms with Crippen LogP contribution in [0.2, 0.25) is 0 Å².